The van der Waals surface area contributed by atoms with Gasteiger partial charge in [0.1, 0.15) is 22.9 Å². The average Bonchev–Trinajstić information content (AvgIpc) is 2.50. The maximum Gasteiger partial charge on any atom is 0.412 e. The number of nitro groups is 1. The van der Waals surface area contributed by atoms with Crippen LogP contribution < -0.4 is 15.0 Å². The van der Waals surface area contributed by atoms with Crippen LogP contribution in [-0.4, -0.2) is 42.6 Å². The number of nitro benzene ring substituents is 1. The molecule has 0 saturated heterocycles. The van der Waals surface area contributed by atoms with Gasteiger partial charge in [0.2, 0.25) is 5.91 Å². The van der Waals surface area contributed by atoms with Crippen molar-refractivity contribution in [3.8, 4) is 5.75 Å². The number of benzene rings is 1. The van der Waals surface area contributed by atoms with E-state index in [2.05, 4.69) is 5.32 Å². The van der Waals surface area contributed by atoms with Crippen LogP contribution in [0, 0.1) is 10.1 Å². The lowest BCUT2D eigenvalue weighted by Crippen LogP contribution is -2.28. The molecule has 0 unspecified atom stereocenters. The minimum Gasteiger partial charge on any atom is -0.494 e. The monoisotopic (exact) mass is 373 g/mol. The van der Waals surface area contributed by atoms with Crippen molar-refractivity contribution in [2.75, 3.05) is 30.3 Å². The highest BCUT2D eigenvalue weighted by Gasteiger charge is 2.26. The van der Waals surface area contributed by atoms with Crippen molar-refractivity contribution >= 4 is 40.7 Å². The van der Waals surface area contributed by atoms with Gasteiger partial charge < -0.3 is 14.4 Å². The highest BCUT2D eigenvalue weighted by Crippen LogP contribution is 2.38. The van der Waals surface area contributed by atoms with Gasteiger partial charge in [-0.15, -0.1) is 11.6 Å². The predicted octanol–water partition coefficient (Wildman–Crippen LogP) is 3.15. The van der Waals surface area contributed by atoms with E-state index < -0.39 is 28.2 Å². The molecule has 0 heterocycles. The van der Waals surface area contributed by atoms with E-state index in [4.69, 9.17) is 21.1 Å². The summed E-state index contributed by atoms with van der Waals surface area (Å²) in [5, 5.41) is 13.8. The number of halogens is 1. The second-order valence-electron chi connectivity index (χ2n) is 6.01. The van der Waals surface area contributed by atoms with Gasteiger partial charge >= 0.3 is 6.09 Å². The number of alkyl halides is 1. The van der Waals surface area contributed by atoms with Crippen LogP contribution in [0.1, 0.15) is 20.8 Å². The van der Waals surface area contributed by atoms with E-state index in [1.807, 2.05) is 0 Å². The van der Waals surface area contributed by atoms with Gasteiger partial charge in [0.15, 0.2) is 0 Å². The molecular weight excluding hydrogens is 354 g/mol. The van der Waals surface area contributed by atoms with Crippen LogP contribution in [0.3, 0.4) is 0 Å². The van der Waals surface area contributed by atoms with E-state index >= 15 is 0 Å². The second-order valence-corrected chi connectivity index (χ2v) is 6.28. The number of amides is 2. The molecule has 1 N–H and O–H groups in total. The minimum absolute atomic E-state index is 0.0118. The zero-order valence-corrected chi connectivity index (χ0v) is 15.3. The van der Waals surface area contributed by atoms with Gasteiger partial charge in [-0.25, -0.2) is 4.79 Å². The molecule has 10 heteroatoms. The summed E-state index contributed by atoms with van der Waals surface area (Å²) in [5.41, 5.74) is -1.11. The van der Waals surface area contributed by atoms with Crippen LogP contribution in [0.4, 0.5) is 21.9 Å². The summed E-state index contributed by atoms with van der Waals surface area (Å²) in [6, 6.07) is 2.37. The Labute approximate surface area is 150 Å². The zero-order chi connectivity index (χ0) is 19.4. The number of hydrogen-bond donors (Lipinski definition) is 1. The molecule has 0 saturated carbocycles. The van der Waals surface area contributed by atoms with Crippen LogP contribution in [0.5, 0.6) is 5.75 Å². The first-order valence-electron chi connectivity index (χ1n) is 7.19. The molecule has 2 amide bonds. The molecule has 0 aliphatic heterocycles. The Morgan fingerprint density at radius 3 is 2.40 bits per heavy atom. The molecule has 1 aromatic rings. The Bertz CT molecular complexity index is 687. The Kier molecular flexibility index (Phi) is 6.57. The number of methoxy groups -OCH3 is 1. The molecule has 138 valence electrons. The summed E-state index contributed by atoms with van der Waals surface area (Å²) in [5.74, 6) is -0.742. The fraction of sp³-hybridized carbons (Fsp3) is 0.467. The van der Waals surface area contributed by atoms with Crippen LogP contribution in [-0.2, 0) is 9.53 Å². The quantitative estimate of drug-likeness (QED) is 0.482. The van der Waals surface area contributed by atoms with Crippen LogP contribution >= 0.6 is 11.6 Å². The minimum atomic E-state index is -0.793. The summed E-state index contributed by atoms with van der Waals surface area (Å²) in [7, 11) is 2.68. The third-order valence-electron chi connectivity index (χ3n) is 2.98. The summed E-state index contributed by atoms with van der Waals surface area (Å²) < 4.78 is 10.3. The fourth-order valence-electron chi connectivity index (χ4n) is 1.88. The lowest BCUT2D eigenvalue weighted by molar-refractivity contribution is -0.384. The molecule has 0 radical (unpaired) electrons. The van der Waals surface area contributed by atoms with Gasteiger partial charge in [0, 0.05) is 19.2 Å². The largest absolute Gasteiger partial charge is 0.494 e. The molecular formula is C15H20ClN3O6. The van der Waals surface area contributed by atoms with E-state index in [-0.39, 0.29) is 23.0 Å². The molecule has 0 aliphatic rings. The smallest absolute Gasteiger partial charge is 0.412 e. The van der Waals surface area contributed by atoms with E-state index in [0.717, 1.165) is 11.0 Å². The van der Waals surface area contributed by atoms with Gasteiger partial charge in [-0.05, 0) is 20.8 Å². The lowest BCUT2D eigenvalue weighted by Gasteiger charge is -2.21. The predicted molar refractivity (Wildman–Crippen MR) is 93.6 cm³/mol. The number of rotatable bonds is 5. The number of nitrogens with one attached hydrogen (secondary N) is 1. The third-order valence-corrected chi connectivity index (χ3v) is 3.21. The van der Waals surface area contributed by atoms with Gasteiger partial charge in [0.05, 0.1) is 17.7 Å². The maximum atomic E-state index is 11.9. The number of hydrogen-bond acceptors (Lipinski definition) is 6. The molecule has 1 aromatic carbocycles. The summed E-state index contributed by atoms with van der Waals surface area (Å²) in [4.78, 5) is 35.4. The zero-order valence-electron chi connectivity index (χ0n) is 14.6. The van der Waals surface area contributed by atoms with Gasteiger partial charge in [-0.3, -0.25) is 20.2 Å². The topological polar surface area (TPSA) is 111 Å². The van der Waals surface area contributed by atoms with Crippen molar-refractivity contribution in [2.24, 2.45) is 0 Å². The Morgan fingerprint density at radius 2 is 1.96 bits per heavy atom. The molecule has 0 spiro atoms. The van der Waals surface area contributed by atoms with E-state index in [1.54, 1.807) is 20.8 Å². The Balaban J connectivity index is 3.32. The number of ether oxygens (including phenoxy) is 2. The summed E-state index contributed by atoms with van der Waals surface area (Å²) in [6.45, 7) is 5.05. The SMILES string of the molecule is COc1cc(N(C)C(=O)CCl)c([N+](=O)[O-])cc1NC(=O)OC(C)(C)C. The van der Waals surface area contributed by atoms with Crippen molar-refractivity contribution in [3.05, 3.63) is 22.2 Å². The van der Waals surface area contributed by atoms with E-state index in [9.17, 15) is 19.7 Å². The van der Waals surface area contributed by atoms with E-state index in [1.165, 1.54) is 20.2 Å². The number of nitrogens with zero attached hydrogens (tertiary/aromatic N) is 2. The highest BCUT2D eigenvalue weighted by molar-refractivity contribution is 6.29. The molecule has 0 aromatic heterocycles. The maximum absolute atomic E-state index is 11.9. The van der Waals surface area contributed by atoms with Crippen molar-refractivity contribution < 1.29 is 24.0 Å². The second kappa shape index (κ2) is 8.02. The summed E-state index contributed by atoms with van der Waals surface area (Å²) in [6.07, 6.45) is -0.793. The highest BCUT2D eigenvalue weighted by atomic mass is 35.5. The number of carbonyl (C=O) groups is 2. The first kappa shape index (κ1) is 20.5. The average molecular weight is 374 g/mol. The van der Waals surface area contributed by atoms with Gasteiger partial charge in [-0.1, -0.05) is 0 Å². The van der Waals surface area contributed by atoms with Crippen LogP contribution in [0.25, 0.3) is 0 Å². The van der Waals surface area contributed by atoms with Gasteiger partial charge in [-0.2, -0.15) is 0 Å². The molecule has 25 heavy (non-hydrogen) atoms. The van der Waals surface area contributed by atoms with Crippen molar-refractivity contribution in [1.82, 2.24) is 0 Å². The summed E-state index contributed by atoms with van der Waals surface area (Å²) >= 11 is 5.50. The molecule has 0 aliphatic carbocycles. The normalized spacial score (nSPS) is 10.8. The lowest BCUT2D eigenvalue weighted by atomic mass is 10.2. The molecule has 0 fully saturated rings. The number of anilines is 2. The number of carbonyl (C=O) groups excluding carboxylic acids is 2. The molecule has 1 rings (SSSR count). The van der Waals surface area contributed by atoms with Crippen molar-refractivity contribution in [2.45, 2.75) is 26.4 Å². The Morgan fingerprint density at radius 1 is 1.36 bits per heavy atom. The molecule has 9 nitrogen and oxygen atoms in total. The molecule has 0 bridgehead atoms. The first-order valence-corrected chi connectivity index (χ1v) is 7.72. The molecule has 0 atom stereocenters. The van der Waals surface area contributed by atoms with Gasteiger partial charge in [0.25, 0.3) is 5.69 Å². The third kappa shape index (κ3) is 5.49. The van der Waals surface area contributed by atoms with Crippen LogP contribution in [0.15, 0.2) is 12.1 Å². The van der Waals surface area contributed by atoms with Crippen molar-refractivity contribution in [3.63, 3.8) is 0 Å². The van der Waals surface area contributed by atoms with E-state index in [0.29, 0.717) is 0 Å². The van der Waals surface area contributed by atoms with Crippen LogP contribution in [0.2, 0.25) is 0 Å². The standard InChI is InChI=1S/C15H20ClN3O6/c1-15(2,3)25-14(21)17-9-6-11(19(22)23)10(7-12(9)24-5)18(4)13(20)8-16/h6-7H,8H2,1-5H3,(H,17,21). The van der Waals surface area contributed by atoms with Crippen molar-refractivity contribution in [1.29, 1.82) is 0 Å². The Hall–Kier alpha value is -2.55. The fourth-order valence-corrected chi connectivity index (χ4v) is 2.06. The first-order chi connectivity index (χ1) is 11.5.